The minimum Gasteiger partial charge on any atom is -0.339 e. The van der Waals surface area contributed by atoms with Crippen molar-refractivity contribution in [1.82, 2.24) is 4.90 Å². The quantitative estimate of drug-likeness (QED) is 0.823. The summed E-state index contributed by atoms with van der Waals surface area (Å²) in [4.78, 5) is 26.2. The summed E-state index contributed by atoms with van der Waals surface area (Å²) in [5.41, 5.74) is 1.46. The van der Waals surface area contributed by atoms with Gasteiger partial charge in [0.1, 0.15) is 5.82 Å². The van der Waals surface area contributed by atoms with Crippen molar-refractivity contribution in [1.29, 1.82) is 0 Å². The van der Waals surface area contributed by atoms with Gasteiger partial charge >= 0.3 is 0 Å². The number of halogens is 2. The lowest BCUT2D eigenvalue weighted by molar-refractivity contribution is 0.0773. The van der Waals surface area contributed by atoms with E-state index in [-0.39, 0.29) is 11.8 Å². The van der Waals surface area contributed by atoms with Crippen molar-refractivity contribution in [2.24, 2.45) is 0 Å². The molecule has 0 atom stereocenters. The third-order valence-corrected chi connectivity index (χ3v) is 4.27. The monoisotopic (exact) mass is 392 g/mol. The fourth-order valence-electron chi connectivity index (χ4n) is 2.26. The van der Waals surface area contributed by atoms with E-state index < -0.39 is 5.82 Å². The highest BCUT2D eigenvalue weighted by atomic mass is 79.9. The van der Waals surface area contributed by atoms with Crippen LogP contribution < -0.4 is 5.32 Å². The summed E-state index contributed by atoms with van der Waals surface area (Å²) < 4.78 is 13.5. The van der Waals surface area contributed by atoms with E-state index in [1.54, 1.807) is 29.2 Å². The van der Waals surface area contributed by atoms with E-state index in [0.717, 1.165) is 0 Å². The van der Waals surface area contributed by atoms with Gasteiger partial charge < -0.3 is 10.2 Å². The van der Waals surface area contributed by atoms with E-state index in [1.807, 2.05) is 13.8 Å². The summed E-state index contributed by atoms with van der Waals surface area (Å²) in [6.07, 6.45) is 0. The number of rotatable bonds is 5. The van der Waals surface area contributed by atoms with Crippen molar-refractivity contribution >= 4 is 33.4 Å². The molecule has 6 heteroatoms. The molecule has 0 unspecified atom stereocenters. The molecule has 1 N–H and O–H groups in total. The molecule has 0 aliphatic heterocycles. The second kappa shape index (κ2) is 8.06. The highest BCUT2D eigenvalue weighted by Crippen LogP contribution is 2.20. The molecule has 0 heterocycles. The number of nitrogens with zero attached hydrogens (tertiary/aromatic N) is 1. The SMILES string of the molecule is CCN(CC)C(=O)c1ccc(NC(=O)c2ccc(F)cc2Br)cc1. The molecule has 0 aliphatic carbocycles. The van der Waals surface area contributed by atoms with Crippen molar-refractivity contribution in [2.75, 3.05) is 18.4 Å². The normalized spacial score (nSPS) is 10.3. The molecule has 2 amide bonds. The minimum absolute atomic E-state index is 0.0424. The molecule has 2 aromatic rings. The van der Waals surface area contributed by atoms with Crippen LogP contribution in [0.3, 0.4) is 0 Å². The standard InChI is InChI=1S/C18H18BrFN2O2/c1-3-22(4-2)18(24)12-5-8-14(9-6-12)21-17(23)15-10-7-13(20)11-16(15)19/h5-11H,3-4H2,1-2H3,(H,21,23). The lowest BCUT2D eigenvalue weighted by Gasteiger charge is -2.18. The smallest absolute Gasteiger partial charge is 0.256 e. The Morgan fingerprint density at radius 1 is 1.08 bits per heavy atom. The number of carbonyl (C=O) groups is 2. The molecule has 4 nitrogen and oxygen atoms in total. The zero-order valence-corrected chi connectivity index (χ0v) is 15.1. The summed E-state index contributed by atoms with van der Waals surface area (Å²) in [5.74, 6) is -0.818. The lowest BCUT2D eigenvalue weighted by atomic mass is 10.1. The van der Waals surface area contributed by atoms with E-state index in [9.17, 15) is 14.0 Å². The molecule has 0 radical (unpaired) electrons. The van der Waals surface area contributed by atoms with Crippen LogP contribution in [0, 0.1) is 5.82 Å². The number of anilines is 1. The molecule has 2 rings (SSSR count). The van der Waals surface area contributed by atoms with E-state index in [1.165, 1.54) is 18.2 Å². The van der Waals surface area contributed by atoms with Gasteiger partial charge in [0.15, 0.2) is 0 Å². The van der Waals surface area contributed by atoms with Crippen molar-refractivity contribution in [2.45, 2.75) is 13.8 Å². The largest absolute Gasteiger partial charge is 0.339 e. The van der Waals surface area contributed by atoms with Gasteiger partial charge in [-0.15, -0.1) is 0 Å². The van der Waals surface area contributed by atoms with Gasteiger partial charge in [-0.2, -0.15) is 0 Å². The van der Waals surface area contributed by atoms with Crippen LogP contribution in [0.15, 0.2) is 46.9 Å². The summed E-state index contributed by atoms with van der Waals surface area (Å²) >= 11 is 3.17. The number of hydrogen-bond acceptors (Lipinski definition) is 2. The third-order valence-electron chi connectivity index (χ3n) is 3.62. The molecule has 0 bridgehead atoms. The molecule has 24 heavy (non-hydrogen) atoms. The second-order valence-electron chi connectivity index (χ2n) is 5.13. The average Bonchev–Trinajstić information content (AvgIpc) is 2.56. The van der Waals surface area contributed by atoms with Gasteiger partial charge in [-0.05, 0) is 72.2 Å². The Bertz CT molecular complexity index is 743. The molecule has 2 aromatic carbocycles. The highest BCUT2D eigenvalue weighted by molar-refractivity contribution is 9.10. The van der Waals surface area contributed by atoms with Crippen LogP contribution in [0.4, 0.5) is 10.1 Å². The first-order valence-electron chi connectivity index (χ1n) is 7.62. The van der Waals surface area contributed by atoms with Crippen molar-refractivity contribution in [3.05, 3.63) is 63.9 Å². The lowest BCUT2D eigenvalue weighted by Crippen LogP contribution is -2.30. The third kappa shape index (κ3) is 4.20. The Morgan fingerprint density at radius 3 is 2.25 bits per heavy atom. The van der Waals surface area contributed by atoms with Crippen LogP contribution in [0.5, 0.6) is 0 Å². The van der Waals surface area contributed by atoms with E-state index in [2.05, 4.69) is 21.2 Å². The topological polar surface area (TPSA) is 49.4 Å². The Balaban J connectivity index is 2.11. The Labute approximate surface area is 148 Å². The van der Waals surface area contributed by atoms with Crippen LogP contribution in [0.2, 0.25) is 0 Å². The predicted octanol–water partition coefficient (Wildman–Crippen LogP) is 4.32. The highest BCUT2D eigenvalue weighted by Gasteiger charge is 2.14. The van der Waals surface area contributed by atoms with Crippen LogP contribution in [-0.2, 0) is 0 Å². The van der Waals surface area contributed by atoms with Gasteiger partial charge in [-0.3, -0.25) is 9.59 Å². The summed E-state index contributed by atoms with van der Waals surface area (Å²) in [6, 6.07) is 10.6. The fourth-order valence-corrected chi connectivity index (χ4v) is 2.79. The first kappa shape index (κ1) is 18.1. The molecular weight excluding hydrogens is 375 g/mol. The molecule has 0 aromatic heterocycles. The maximum atomic E-state index is 13.1. The van der Waals surface area contributed by atoms with Crippen LogP contribution in [-0.4, -0.2) is 29.8 Å². The number of carbonyl (C=O) groups excluding carboxylic acids is 2. The van der Waals surface area contributed by atoms with Gasteiger partial charge in [0.25, 0.3) is 11.8 Å². The average molecular weight is 393 g/mol. The van der Waals surface area contributed by atoms with Crippen molar-refractivity contribution < 1.29 is 14.0 Å². The number of nitrogens with one attached hydrogen (secondary N) is 1. The maximum Gasteiger partial charge on any atom is 0.256 e. The predicted molar refractivity (Wildman–Crippen MR) is 95.7 cm³/mol. The van der Waals surface area contributed by atoms with Crippen molar-refractivity contribution in [3.63, 3.8) is 0 Å². The molecule has 0 spiro atoms. The second-order valence-corrected chi connectivity index (χ2v) is 5.99. The molecule has 0 saturated carbocycles. The van der Waals surface area contributed by atoms with Crippen LogP contribution in [0.25, 0.3) is 0 Å². The fraction of sp³-hybridized carbons (Fsp3) is 0.222. The van der Waals surface area contributed by atoms with Gasteiger partial charge in [0.05, 0.1) is 5.56 Å². The van der Waals surface area contributed by atoms with Crippen LogP contribution in [0.1, 0.15) is 34.6 Å². The van der Waals surface area contributed by atoms with Gasteiger partial charge in [0.2, 0.25) is 0 Å². The molecule has 0 fully saturated rings. The van der Waals surface area contributed by atoms with Gasteiger partial charge in [-0.1, -0.05) is 0 Å². The zero-order chi connectivity index (χ0) is 17.7. The number of hydrogen-bond donors (Lipinski definition) is 1. The molecular formula is C18H18BrFN2O2. The number of benzene rings is 2. The van der Waals surface area contributed by atoms with E-state index >= 15 is 0 Å². The minimum atomic E-state index is -0.419. The zero-order valence-electron chi connectivity index (χ0n) is 13.5. The number of amides is 2. The van der Waals surface area contributed by atoms with Gasteiger partial charge in [-0.25, -0.2) is 4.39 Å². The van der Waals surface area contributed by atoms with Gasteiger partial charge in [0, 0.05) is 28.8 Å². The summed E-state index contributed by atoms with van der Waals surface area (Å²) in [7, 11) is 0. The first-order valence-corrected chi connectivity index (χ1v) is 8.41. The molecule has 126 valence electrons. The maximum absolute atomic E-state index is 13.1. The Morgan fingerprint density at radius 2 is 1.71 bits per heavy atom. The first-order chi connectivity index (χ1) is 11.5. The van der Waals surface area contributed by atoms with Crippen molar-refractivity contribution in [3.8, 4) is 0 Å². The van der Waals surface area contributed by atoms with Crippen LogP contribution >= 0.6 is 15.9 Å². The van der Waals surface area contributed by atoms with E-state index in [0.29, 0.717) is 34.4 Å². The Hall–Kier alpha value is -2.21. The molecule has 0 aliphatic rings. The van der Waals surface area contributed by atoms with E-state index in [4.69, 9.17) is 0 Å². The Kier molecular flexibility index (Phi) is 6.09. The summed E-state index contributed by atoms with van der Waals surface area (Å²) in [5, 5.41) is 2.73. The molecule has 0 saturated heterocycles. The summed E-state index contributed by atoms with van der Waals surface area (Å²) in [6.45, 7) is 5.14.